The van der Waals surface area contributed by atoms with Crippen molar-refractivity contribution in [2.45, 2.75) is 26.7 Å². The van der Waals surface area contributed by atoms with Gasteiger partial charge < -0.3 is 10.2 Å². The maximum absolute atomic E-state index is 11.6. The zero-order valence-electron chi connectivity index (χ0n) is 13.9. The van der Waals surface area contributed by atoms with Crippen molar-refractivity contribution in [3.05, 3.63) is 30.3 Å². The first-order valence-corrected chi connectivity index (χ1v) is 8.44. The van der Waals surface area contributed by atoms with E-state index in [4.69, 9.17) is 0 Å². The van der Waals surface area contributed by atoms with Crippen molar-refractivity contribution in [2.24, 2.45) is 5.92 Å². The van der Waals surface area contributed by atoms with Gasteiger partial charge in [0.15, 0.2) is 0 Å². The number of para-hydroxylation sites is 1. The molecule has 0 aromatic heterocycles. The molecule has 1 saturated heterocycles. The van der Waals surface area contributed by atoms with Gasteiger partial charge in [0, 0.05) is 44.8 Å². The summed E-state index contributed by atoms with van der Waals surface area (Å²) < 4.78 is 0. The van der Waals surface area contributed by atoms with E-state index in [2.05, 4.69) is 59.3 Å². The highest BCUT2D eigenvalue weighted by Crippen LogP contribution is 2.15. The lowest BCUT2D eigenvalue weighted by Crippen LogP contribution is -2.47. The Morgan fingerprint density at radius 1 is 1.14 bits per heavy atom. The molecule has 22 heavy (non-hydrogen) atoms. The molecule has 1 aliphatic rings. The zero-order valence-corrected chi connectivity index (χ0v) is 13.9. The summed E-state index contributed by atoms with van der Waals surface area (Å²) in [7, 11) is 0. The topological polar surface area (TPSA) is 35.6 Å². The summed E-state index contributed by atoms with van der Waals surface area (Å²) in [5.41, 5.74) is 1.32. The van der Waals surface area contributed by atoms with Gasteiger partial charge in [-0.25, -0.2) is 0 Å². The summed E-state index contributed by atoms with van der Waals surface area (Å²) >= 11 is 0. The van der Waals surface area contributed by atoms with E-state index in [1.807, 2.05) is 0 Å². The zero-order chi connectivity index (χ0) is 15.8. The largest absolute Gasteiger partial charge is 0.369 e. The van der Waals surface area contributed by atoms with Crippen molar-refractivity contribution < 1.29 is 4.79 Å². The Labute approximate surface area is 134 Å². The molecule has 1 aromatic rings. The molecule has 1 N–H and O–H groups in total. The molecule has 2 rings (SSSR count). The van der Waals surface area contributed by atoms with Gasteiger partial charge in [-0.15, -0.1) is 0 Å². The molecule has 0 atom stereocenters. The van der Waals surface area contributed by atoms with Gasteiger partial charge in [-0.1, -0.05) is 32.0 Å². The number of carbonyl (C=O) groups excluding carboxylic acids is 1. The minimum absolute atomic E-state index is 0.184. The molecule has 1 aliphatic heterocycles. The maximum Gasteiger partial charge on any atom is 0.220 e. The maximum atomic E-state index is 11.6. The first-order chi connectivity index (χ1) is 10.6. The Bertz CT molecular complexity index is 439. The highest BCUT2D eigenvalue weighted by molar-refractivity contribution is 5.75. The van der Waals surface area contributed by atoms with Crippen molar-refractivity contribution in [1.29, 1.82) is 0 Å². The molecule has 1 fully saturated rings. The lowest BCUT2D eigenvalue weighted by molar-refractivity contribution is -0.121. The van der Waals surface area contributed by atoms with Gasteiger partial charge in [0.2, 0.25) is 5.91 Å². The van der Waals surface area contributed by atoms with Crippen molar-refractivity contribution in [3.63, 3.8) is 0 Å². The lowest BCUT2D eigenvalue weighted by Gasteiger charge is -2.36. The van der Waals surface area contributed by atoms with Crippen LogP contribution in [0.2, 0.25) is 0 Å². The SMILES string of the molecule is CC(C)CC(=O)NCCCN1CCN(c2ccccc2)CC1. The molecule has 0 unspecified atom stereocenters. The molecule has 4 nitrogen and oxygen atoms in total. The van der Waals surface area contributed by atoms with E-state index in [0.717, 1.165) is 45.7 Å². The number of amides is 1. The summed E-state index contributed by atoms with van der Waals surface area (Å²) in [5, 5.41) is 3.01. The highest BCUT2D eigenvalue weighted by atomic mass is 16.1. The lowest BCUT2D eigenvalue weighted by atomic mass is 10.1. The van der Waals surface area contributed by atoms with Crippen LogP contribution in [0.5, 0.6) is 0 Å². The molecule has 4 heteroatoms. The van der Waals surface area contributed by atoms with Gasteiger partial charge in [0.1, 0.15) is 0 Å². The molecule has 0 aliphatic carbocycles. The molecule has 1 amide bonds. The first-order valence-electron chi connectivity index (χ1n) is 8.44. The van der Waals surface area contributed by atoms with E-state index in [-0.39, 0.29) is 5.91 Å². The predicted molar refractivity (Wildman–Crippen MR) is 92.2 cm³/mol. The molecule has 0 saturated carbocycles. The normalized spacial score (nSPS) is 16.0. The van der Waals surface area contributed by atoms with Gasteiger partial charge in [0.25, 0.3) is 0 Å². The molecule has 0 bridgehead atoms. The standard InChI is InChI=1S/C18H29N3O/c1-16(2)15-18(22)19-9-6-10-20-11-13-21(14-12-20)17-7-4-3-5-8-17/h3-5,7-8,16H,6,9-15H2,1-2H3,(H,19,22). The van der Waals surface area contributed by atoms with Gasteiger partial charge in [0.05, 0.1) is 0 Å². The molecular formula is C18H29N3O. The van der Waals surface area contributed by atoms with Crippen LogP contribution in [0.15, 0.2) is 30.3 Å². The second-order valence-electron chi connectivity index (χ2n) is 6.47. The first kappa shape index (κ1) is 16.8. The quantitative estimate of drug-likeness (QED) is 0.786. The summed E-state index contributed by atoms with van der Waals surface area (Å²) in [6.07, 6.45) is 1.67. The van der Waals surface area contributed by atoms with Crippen LogP contribution in [0.25, 0.3) is 0 Å². The minimum Gasteiger partial charge on any atom is -0.369 e. The number of nitrogens with one attached hydrogen (secondary N) is 1. The Kier molecular flexibility index (Phi) is 6.72. The van der Waals surface area contributed by atoms with Crippen LogP contribution in [-0.4, -0.2) is 50.1 Å². The molecule has 1 heterocycles. The third-order valence-corrected chi connectivity index (χ3v) is 4.06. The van der Waals surface area contributed by atoms with E-state index >= 15 is 0 Å². The van der Waals surface area contributed by atoms with Gasteiger partial charge in [-0.3, -0.25) is 9.69 Å². The molecular weight excluding hydrogens is 274 g/mol. The highest BCUT2D eigenvalue weighted by Gasteiger charge is 2.16. The van der Waals surface area contributed by atoms with Crippen LogP contribution >= 0.6 is 0 Å². The average molecular weight is 303 g/mol. The van der Waals surface area contributed by atoms with E-state index in [0.29, 0.717) is 12.3 Å². The summed E-state index contributed by atoms with van der Waals surface area (Å²) in [5.74, 6) is 0.620. The number of carbonyl (C=O) groups is 1. The fourth-order valence-electron chi connectivity index (χ4n) is 2.84. The number of hydrogen-bond donors (Lipinski definition) is 1. The van der Waals surface area contributed by atoms with Crippen LogP contribution in [0.4, 0.5) is 5.69 Å². The third-order valence-electron chi connectivity index (χ3n) is 4.06. The van der Waals surface area contributed by atoms with Crippen molar-refractivity contribution in [1.82, 2.24) is 10.2 Å². The van der Waals surface area contributed by atoms with Gasteiger partial charge in [-0.2, -0.15) is 0 Å². The predicted octanol–water partition coefficient (Wildman–Crippen LogP) is 2.36. The second-order valence-corrected chi connectivity index (χ2v) is 6.47. The Hall–Kier alpha value is -1.55. The van der Waals surface area contributed by atoms with Gasteiger partial charge >= 0.3 is 0 Å². The fourth-order valence-corrected chi connectivity index (χ4v) is 2.84. The molecule has 0 radical (unpaired) electrons. The van der Waals surface area contributed by atoms with E-state index in [9.17, 15) is 4.79 Å². The molecule has 1 aromatic carbocycles. The Morgan fingerprint density at radius 2 is 1.82 bits per heavy atom. The number of anilines is 1. The Balaban J connectivity index is 1.59. The fraction of sp³-hybridized carbons (Fsp3) is 0.611. The third kappa shape index (κ3) is 5.68. The van der Waals surface area contributed by atoms with Crippen molar-refractivity contribution in [2.75, 3.05) is 44.2 Å². The van der Waals surface area contributed by atoms with E-state index in [1.54, 1.807) is 0 Å². The minimum atomic E-state index is 0.184. The number of rotatable bonds is 7. The monoisotopic (exact) mass is 303 g/mol. The molecule has 122 valence electrons. The van der Waals surface area contributed by atoms with Crippen LogP contribution < -0.4 is 10.2 Å². The Morgan fingerprint density at radius 3 is 2.45 bits per heavy atom. The van der Waals surface area contributed by atoms with Crippen LogP contribution in [0.3, 0.4) is 0 Å². The summed E-state index contributed by atoms with van der Waals surface area (Å²) in [6, 6.07) is 10.6. The number of benzene rings is 1. The van der Waals surface area contributed by atoms with Crippen LogP contribution in [0.1, 0.15) is 26.7 Å². The van der Waals surface area contributed by atoms with Gasteiger partial charge in [-0.05, 0) is 31.0 Å². The van der Waals surface area contributed by atoms with Crippen molar-refractivity contribution in [3.8, 4) is 0 Å². The number of hydrogen-bond acceptors (Lipinski definition) is 3. The van der Waals surface area contributed by atoms with Crippen molar-refractivity contribution >= 4 is 11.6 Å². The number of nitrogens with zero attached hydrogens (tertiary/aromatic N) is 2. The van der Waals surface area contributed by atoms with Crippen LogP contribution in [0, 0.1) is 5.92 Å². The van der Waals surface area contributed by atoms with E-state index in [1.165, 1.54) is 5.69 Å². The summed E-state index contributed by atoms with van der Waals surface area (Å²) in [4.78, 5) is 16.5. The average Bonchev–Trinajstić information content (AvgIpc) is 2.52. The molecule has 0 spiro atoms. The second kappa shape index (κ2) is 8.79. The smallest absolute Gasteiger partial charge is 0.220 e. The summed E-state index contributed by atoms with van der Waals surface area (Å²) in [6.45, 7) is 10.4. The van der Waals surface area contributed by atoms with E-state index < -0.39 is 0 Å². The van der Waals surface area contributed by atoms with Crippen LogP contribution in [-0.2, 0) is 4.79 Å². The number of piperazine rings is 1.